The topological polar surface area (TPSA) is 0 Å². The molecule has 0 aliphatic carbocycles. The average molecular weight is 200 g/mol. The van der Waals surface area contributed by atoms with Crippen LogP contribution in [0.25, 0.3) is 0 Å². The summed E-state index contributed by atoms with van der Waals surface area (Å²) >= 11 is 0. The Balaban J connectivity index is -0.000000170. The smallest absolute Gasteiger partial charge is 0.0445 e. The van der Waals surface area contributed by atoms with E-state index in [1.165, 1.54) is 31.3 Å². The van der Waals surface area contributed by atoms with Gasteiger partial charge in [0, 0.05) is 0 Å². The predicted octanol–water partition coefficient (Wildman–Crippen LogP) is 5.83. The first-order valence-corrected chi connectivity index (χ1v) is 6.12. The summed E-state index contributed by atoms with van der Waals surface area (Å²) < 4.78 is 0. The lowest BCUT2D eigenvalue weighted by atomic mass is 10.1. The Kier molecular flexibility index (Phi) is 25.6. The Morgan fingerprint density at radius 3 is 1.64 bits per heavy atom. The minimum absolute atomic E-state index is 0.904. The Hall–Kier alpha value is -0.260. The van der Waals surface area contributed by atoms with Gasteiger partial charge in [0.2, 0.25) is 0 Å². The highest BCUT2D eigenvalue weighted by molar-refractivity contribution is 4.78. The van der Waals surface area contributed by atoms with Crippen molar-refractivity contribution in [3.05, 3.63) is 12.2 Å². The maximum Gasteiger partial charge on any atom is -0.0445 e. The molecule has 0 unspecified atom stereocenters. The maximum atomic E-state index is 3.56. The molecule has 0 nitrogen and oxygen atoms in total. The first-order valence-electron chi connectivity index (χ1n) is 6.12. The van der Waals surface area contributed by atoms with Crippen molar-refractivity contribution in [3.63, 3.8) is 0 Å². The molecule has 0 aliphatic heterocycles. The second-order valence-electron chi connectivity index (χ2n) is 4.10. The molecule has 0 heterocycles. The van der Waals surface area contributed by atoms with Gasteiger partial charge in [-0.25, -0.2) is 0 Å². The Morgan fingerprint density at radius 1 is 1.07 bits per heavy atom. The standard InChI is InChI=1S/C8H18.C4H8.C2H6/c1-4-5-6-7-8(2)3;1-4(2)3;1-2/h8H,4-7H2,1-3H3;1H2,2-3H3;1-2H3. The van der Waals surface area contributed by atoms with Crippen LogP contribution in [-0.2, 0) is 0 Å². The van der Waals surface area contributed by atoms with Crippen molar-refractivity contribution in [2.45, 2.75) is 74.1 Å². The zero-order valence-corrected chi connectivity index (χ0v) is 11.6. The van der Waals surface area contributed by atoms with Gasteiger partial charge < -0.3 is 0 Å². The van der Waals surface area contributed by atoms with Gasteiger partial charge in [-0.2, -0.15) is 0 Å². The van der Waals surface area contributed by atoms with Gasteiger partial charge in [-0.3, -0.25) is 0 Å². The minimum Gasteiger partial charge on any atom is -0.100 e. The SMILES string of the molecule is C=C(C)C.CC.CCCCCC(C)C. The number of allylic oxidation sites excluding steroid dienone is 1. The van der Waals surface area contributed by atoms with E-state index in [2.05, 4.69) is 27.4 Å². The fraction of sp³-hybridized carbons (Fsp3) is 0.857. The summed E-state index contributed by atoms with van der Waals surface area (Å²) in [6, 6.07) is 0. The fourth-order valence-electron chi connectivity index (χ4n) is 0.803. The van der Waals surface area contributed by atoms with E-state index < -0.39 is 0 Å². The molecule has 0 bridgehead atoms. The fourth-order valence-corrected chi connectivity index (χ4v) is 0.803. The van der Waals surface area contributed by atoms with Crippen LogP contribution >= 0.6 is 0 Å². The highest BCUT2D eigenvalue weighted by Crippen LogP contribution is 2.06. The molecule has 0 saturated heterocycles. The predicted molar refractivity (Wildman–Crippen MR) is 70.8 cm³/mol. The van der Waals surface area contributed by atoms with Gasteiger partial charge in [0.05, 0.1) is 0 Å². The van der Waals surface area contributed by atoms with E-state index in [1.807, 2.05) is 27.7 Å². The minimum atomic E-state index is 0.904. The third-order valence-corrected chi connectivity index (χ3v) is 1.39. The first kappa shape index (κ1) is 19.3. The number of hydrogen-bond donors (Lipinski definition) is 0. The van der Waals surface area contributed by atoms with Gasteiger partial charge in [-0.05, 0) is 19.8 Å². The number of unbranched alkanes of at least 4 members (excludes halogenated alkanes) is 2. The largest absolute Gasteiger partial charge is 0.100 e. The summed E-state index contributed by atoms with van der Waals surface area (Å²) in [5.74, 6) is 0.904. The van der Waals surface area contributed by atoms with Crippen LogP contribution < -0.4 is 0 Å². The molecule has 0 radical (unpaired) electrons. The monoisotopic (exact) mass is 200 g/mol. The first-order chi connectivity index (χ1) is 6.50. The van der Waals surface area contributed by atoms with Gasteiger partial charge in [0.15, 0.2) is 0 Å². The third kappa shape index (κ3) is 60.3. The molecule has 0 rings (SSSR count). The molecule has 88 valence electrons. The second kappa shape index (κ2) is 18.5. The van der Waals surface area contributed by atoms with Crippen molar-refractivity contribution >= 4 is 0 Å². The van der Waals surface area contributed by atoms with E-state index in [4.69, 9.17) is 0 Å². The molecule has 0 N–H and O–H groups in total. The molecule has 0 amide bonds. The normalized spacial score (nSPS) is 8.29. The number of hydrogen-bond acceptors (Lipinski definition) is 0. The highest BCUT2D eigenvalue weighted by atomic mass is 14.0. The van der Waals surface area contributed by atoms with Crippen molar-refractivity contribution in [3.8, 4) is 0 Å². The molecular weight excluding hydrogens is 168 g/mol. The molecule has 0 aliphatic rings. The average Bonchev–Trinajstić information content (AvgIpc) is 2.07. The van der Waals surface area contributed by atoms with Gasteiger partial charge in [0.1, 0.15) is 0 Å². The van der Waals surface area contributed by atoms with E-state index in [-0.39, 0.29) is 0 Å². The van der Waals surface area contributed by atoms with Crippen LogP contribution in [0.5, 0.6) is 0 Å². The van der Waals surface area contributed by atoms with E-state index in [9.17, 15) is 0 Å². The van der Waals surface area contributed by atoms with E-state index in [0.29, 0.717) is 0 Å². The van der Waals surface area contributed by atoms with Crippen molar-refractivity contribution in [2.75, 3.05) is 0 Å². The molecule has 0 atom stereocenters. The summed E-state index contributed by atoms with van der Waals surface area (Å²) in [6.07, 6.45) is 5.60. The van der Waals surface area contributed by atoms with Crippen molar-refractivity contribution < 1.29 is 0 Å². The summed E-state index contributed by atoms with van der Waals surface area (Å²) in [5, 5.41) is 0. The summed E-state index contributed by atoms with van der Waals surface area (Å²) in [4.78, 5) is 0. The van der Waals surface area contributed by atoms with Crippen LogP contribution in [0.15, 0.2) is 12.2 Å². The van der Waals surface area contributed by atoms with Crippen LogP contribution in [-0.4, -0.2) is 0 Å². The highest BCUT2D eigenvalue weighted by Gasteiger charge is 1.90. The molecule has 0 aromatic carbocycles. The second-order valence-corrected chi connectivity index (χ2v) is 4.10. The van der Waals surface area contributed by atoms with Gasteiger partial charge >= 0.3 is 0 Å². The molecule has 0 fully saturated rings. The lowest BCUT2D eigenvalue weighted by molar-refractivity contribution is 0.534. The molecular formula is C14H32. The van der Waals surface area contributed by atoms with Gasteiger partial charge in [0.25, 0.3) is 0 Å². The molecule has 14 heavy (non-hydrogen) atoms. The molecule has 0 heteroatoms. The Morgan fingerprint density at radius 2 is 1.43 bits per heavy atom. The Labute approximate surface area is 92.8 Å². The van der Waals surface area contributed by atoms with Crippen molar-refractivity contribution in [1.29, 1.82) is 0 Å². The molecule has 0 aromatic heterocycles. The molecule has 0 aromatic rings. The van der Waals surface area contributed by atoms with Crippen LogP contribution in [0.1, 0.15) is 74.1 Å². The van der Waals surface area contributed by atoms with Crippen LogP contribution in [0.4, 0.5) is 0 Å². The van der Waals surface area contributed by atoms with Crippen molar-refractivity contribution in [1.82, 2.24) is 0 Å². The zero-order valence-electron chi connectivity index (χ0n) is 11.6. The molecule has 0 spiro atoms. The lowest BCUT2D eigenvalue weighted by Gasteiger charge is -2.00. The zero-order chi connectivity index (χ0) is 12.0. The summed E-state index contributed by atoms with van der Waals surface area (Å²) in [7, 11) is 0. The molecule has 0 saturated carbocycles. The summed E-state index contributed by atoms with van der Waals surface area (Å²) in [5.41, 5.74) is 1.17. The lowest BCUT2D eigenvalue weighted by Crippen LogP contribution is -1.85. The van der Waals surface area contributed by atoms with Crippen LogP contribution in [0.2, 0.25) is 0 Å². The van der Waals surface area contributed by atoms with Gasteiger partial charge in [-0.15, -0.1) is 6.58 Å². The van der Waals surface area contributed by atoms with Gasteiger partial charge in [-0.1, -0.05) is 65.9 Å². The van der Waals surface area contributed by atoms with Crippen molar-refractivity contribution in [2.24, 2.45) is 5.92 Å². The van der Waals surface area contributed by atoms with E-state index in [0.717, 1.165) is 5.92 Å². The maximum absolute atomic E-state index is 3.56. The van der Waals surface area contributed by atoms with E-state index >= 15 is 0 Å². The van der Waals surface area contributed by atoms with Crippen LogP contribution in [0.3, 0.4) is 0 Å². The van der Waals surface area contributed by atoms with E-state index in [1.54, 1.807) is 0 Å². The number of rotatable bonds is 4. The quantitative estimate of drug-likeness (QED) is 0.395. The third-order valence-electron chi connectivity index (χ3n) is 1.39. The van der Waals surface area contributed by atoms with Crippen LogP contribution in [0, 0.1) is 5.92 Å². The Bertz CT molecular complexity index is 86.2. The summed E-state index contributed by atoms with van der Waals surface area (Å²) in [6.45, 7) is 18.3.